The average Bonchev–Trinajstić information content (AvgIpc) is 2.51. The van der Waals surface area contributed by atoms with Gasteiger partial charge < -0.3 is 4.98 Å². The van der Waals surface area contributed by atoms with Crippen molar-refractivity contribution in [3.05, 3.63) is 45.3 Å². The monoisotopic (exact) mass is 362 g/mol. The van der Waals surface area contributed by atoms with Gasteiger partial charge in [0, 0.05) is 5.92 Å². The second-order valence-corrected chi connectivity index (χ2v) is 7.13. The van der Waals surface area contributed by atoms with Gasteiger partial charge in [0.15, 0.2) is 0 Å². The van der Waals surface area contributed by atoms with E-state index < -0.39 is 0 Å². The molecule has 1 heterocycles. The molecule has 1 aromatic carbocycles. The maximum Gasteiger partial charge on any atom is 0.144 e. The molecule has 2 nitrogen and oxygen atoms in total. The number of nitrogens with zero attached hydrogens (tertiary/aromatic N) is 1. The molecule has 0 spiro atoms. The Morgan fingerprint density at radius 2 is 2.00 bits per heavy atom. The molecule has 0 radical (unpaired) electrons. The lowest BCUT2D eigenvalue weighted by atomic mass is 9.82. The normalized spacial score (nSPS) is 22.2. The third-order valence-corrected chi connectivity index (χ3v) is 5.60. The van der Waals surface area contributed by atoms with Crippen LogP contribution in [0.4, 0.5) is 0 Å². The minimum absolute atomic E-state index is 0.506. The van der Waals surface area contributed by atoms with E-state index in [2.05, 4.69) is 45.0 Å². The number of nitrogens with one attached hydrogen (secondary N) is 1. The van der Waals surface area contributed by atoms with E-state index in [9.17, 15) is 0 Å². The van der Waals surface area contributed by atoms with E-state index in [0.717, 1.165) is 27.5 Å². The molecule has 2 unspecified atom stereocenters. The molecule has 1 aliphatic carbocycles. The molecule has 0 aliphatic heterocycles. The summed E-state index contributed by atoms with van der Waals surface area (Å²) in [4.78, 5) is 8.16. The molecule has 1 aliphatic rings. The summed E-state index contributed by atoms with van der Waals surface area (Å²) in [7, 11) is 0. The molecule has 1 saturated carbocycles. The van der Waals surface area contributed by atoms with E-state index in [1.807, 2.05) is 18.2 Å². The summed E-state index contributed by atoms with van der Waals surface area (Å²) in [5, 5.41) is 0. The van der Waals surface area contributed by atoms with Crippen LogP contribution in [-0.4, -0.2) is 9.97 Å². The molecule has 0 saturated heterocycles. The van der Waals surface area contributed by atoms with Gasteiger partial charge in [-0.05, 0) is 40.3 Å². The predicted molar refractivity (Wildman–Crippen MR) is 92.9 cm³/mol. The zero-order valence-corrected chi connectivity index (χ0v) is 14.5. The van der Waals surface area contributed by atoms with Gasteiger partial charge in [0.05, 0.1) is 10.2 Å². The molecule has 110 valence electrons. The van der Waals surface area contributed by atoms with Crippen molar-refractivity contribution in [1.82, 2.24) is 9.97 Å². The Morgan fingerprint density at radius 3 is 2.71 bits per heavy atom. The predicted octanol–water partition coefficient (Wildman–Crippen LogP) is 5.86. The van der Waals surface area contributed by atoms with Crippen LogP contribution in [0, 0.1) is 10.6 Å². The van der Waals surface area contributed by atoms with Crippen molar-refractivity contribution in [2.45, 2.75) is 38.5 Å². The van der Waals surface area contributed by atoms with Gasteiger partial charge in [-0.2, -0.15) is 0 Å². The minimum Gasteiger partial charge on any atom is -0.342 e. The number of benzene rings is 1. The number of aromatic nitrogens is 2. The van der Waals surface area contributed by atoms with Crippen LogP contribution in [0.1, 0.15) is 44.3 Å². The van der Waals surface area contributed by atoms with E-state index >= 15 is 0 Å². The summed E-state index contributed by atoms with van der Waals surface area (Å²) < 4.78 is 1.54. The van der Waals surface area contributed by atoms with Crippen LogP contribution >= 0.6 is 28.1 Å². The highest BCUT2D eigenvalue weighted by Crippen LogP contribution is 2.36. The molecule has 21 heavy (non-hydrogen) atoms. The van der Waals surface area contributed by atoms with E-state index in [1.54, 1.807) is 0 Å². The summed E-state index contributed by atoms with van der Waals surface area (Å²) in [6, 6.07) is 10.3. The number of aromatic amines is 1. The van der Waals surface area contributed by atoms with Gasteiger partial charge >= 0.3 is 0 Å². The van der Waals surface area contributed by atoms with Gasteiger partial charge in [-0.15, -0.1) is 0 Å². The van der Waals surface area contributed by atoms with Gasteiger partial charge in [0.25, 0.3) is 0 Å². The molecular formula is C17H19BrN2S. The van der Waals surface area contributed by atoms with Crippen LogP contribution in [0.5, 0.6) is 0 Å². The molecule has 1 N–H and O–H groups in total. The largest absolute Gasteiger partial charge is 0.342 e. The second-order valence-electron chi connectivity index (χ2n) is 5.95. The summed E-state index contributed by atoms with van der Waals surface area (Å²) in [5.41, 5.74) is 2.19. The van der Waals surface area contributed by atoms with Crippen molar-refractivity contribution in [3.8, 4) is 11.3 Å². The Morgan fingerprint density at radius 1 is 1.24 bits per heavy atom. The third kappa shape index (κ3) is 3.27. The zero-order chi connectivity index (χ0) is 14.8. The number of rotatable bonds is 2. The lowest BCUT2D eigenvalue weighted by Gasteiger charge is -2.26. The Bertz CT molecular complexity index is 681. The van der Waals surface area contributed by atoms with Crippen LogP contribution in [0.25, 0.3) is 11.3 Å². The highest BCUT2D eigenvalue weighted by Gasteiger charge is 2.23. The van der Waals surface area contributed by atoms with Crippen molar-refractivity contribution in [3.63, 3.8) is 0 Å². The van der Waals surface area contributed by atoms with Crippen LogP contribution in [0.2, 0.25) is 0 Å². The fraction of sp³-hybridized carbons (Fsp3) is 0.412. The lowest BCUT2D eigenvalue weighted by Crippen LogP contribution is -2.15. The maximum absolute atomic E-state index is 5.45. The van der Waals surface area contributed by atoms with E-state index in [1.165, 1.54) is 25.7 Å². The van der Waals surface area contributed by atoms with Gasteiger partial charge in [-0.3, -0.25) is 0 Å². The van der Waals surface area contributed by atoms with Crippen LogP contribution in [-0.2, 0) is 0 Å². The molecule has 1 fully saturated rings. The second kappa shape index (κ2) is 6.41. The molecule has 3 rings (SSSR count). The summed E-state index contributed by atoms with van der Waals surface area (Å²) in [6.45, 7) is 2.33. The van der Waals surface area contributed by atoms with Crippen molar-refractivity contribution < 1.29 is 0 Å². The minimum atomic E-state index is 0.506. The number of hydrogen-bond donors (Lipinski definition) is 1. The molecule has 4 heteroatoms. The van der Waals surface area contributed by atoms with E-state index in [0.29, 0.717) is 10.6 Å². The van der Waals surface area contributed by atoms with Crippen LogP contribution < -0.4 is 0 Å². The highest BCUT2D eigenvalue weighted by molar-refractivity contribution is 9.10. The first-order valence-electron chi connectivity index (χ1n) is 7.50. The first-order valence-corrected chi connectivity index (χ1v) is 8.70. The fourth-order valence-corrected chi connectivity index (χ4v) is 3.77. The van der Waals surface area contributed by atoms with Gasteiger partial charge in [0.1, 0.15) is 10.5 Å². The third-order valence-electron chi connectivity index (χ3n) is 4.27. The SMILES string of the molecule is CC1CCCC(c2nc(=S)c(Br)c(-c3ccccc3)[nH]2)C1. The van der Waals surface area contributed by atoms with Crippen LogP contribution in [0.3, 0.4) is 0 Å². The first kappa shape index (κ1) is 14.9. The smallest absolute Gasteiger partial charge is 0.144 e. The summed E-state index contributed by atoms with van der Waals surface area (Å²) in [6.07, 6.45) is 5.02. The lowest BCUT2D eigenvalue weighted by molar-refractivity contribution is 0.335. The quantitative estimate of drug-likeness (QED) is 0.677. The fourth-order valence-electron chi connectivity index (χ4n) is 3.16. The molecule has 2 atom stereocenters. The Labute approximate surface area is 139 Å². The number of H-pyrrole nitrogens is 1. The van der Waals surface area contributed by atoms with Gasteiger partial charge in [-0.1, -0.05) is 62.3 Å². The molecule has 0 bridgehead atoms. The molecule has 2 aromatic rings. The van der Waals surface area contributed by atoms with Crippen molar-refractivity contribution in [1.29, 1.82) is 0 Å². The van der Waals surface area contributed by atoms with Crippen molar-refractivity contribution in [2.24, 2.45) is 5.92 Å². The van der Waals surface area contributed by atoms with Crippen molar-refractivity contribution >= 4 is 28.1 Å². The Balaban J connectivity index is 2.04. The molecule has 0 amide bonds. The summed E-state index contributed by atoms with van der Waals surface area (Å²) in [5.74, 6) is 2.33. The Hall–Kier alpha value is -1.00. The number of hydrogen-bond acceptors (Lipinski definition) is 2. The standard InChI is InChI=1S/C17H19BrN2S/c1-11-6-5-9-13(10-11)16-19-15(14(18)17(21)20-16)12-7-3-2-4-8-12/h2-4,7-8,11,13H,5-6,9-10H2,1H3,(H,19,20,21). The van der Waals surface area contributed by atoms with Gasteiger partial charge in [0.2, 0.25) is 0 Å². The molecular weight excluding hydrogens is 344 g/mol. The Kier molecular flexibility index (Phi) is 4.55. The van der Waals surface area contributed by atoms with Crippen molar-refractivity contribution in [2.75, 3.05) is 0 Å². The summed E-state index contributed by atoms with van der Waals surface area (Å²) >= 11 is 9.04. The maximum atomic E-state index is 5.45. The van der Waals surface area contributed by atoms with Gasteiger partial charge in [-0.25, -0.2) is 4.98 Å². The average molecular weight is 363 g/mol. The first-order chi connectivity index (χ1) is 10.1. The topological polar surface area (TPSA) is 28.7 Å². The number of halogens is 1. The zero-order valence-electron chi connectivity index (χ0n) is 12.1. The molecule has 1 aromatic heterocycles. The van der Waals surface area contributed by atoms with Crippen LogP contribution in [0.15, 0.2) is 34.8 Å². The van der Waals surface area contributed by atoms with E-state index in [4.69, 9.17) is 12.2 Å². The van der Waals surface area contributed by atoms with E-state index in [-0.39, 0.29) is 0 Å². The highest BCUT2D eigenvalue weighted by atomic mass is 79.9.